The molecule has 0 radical (unpaired) electrons. The first-order valence-electron chi connectivity index (χ1n) is 6.74. The standard InChI is InChI=1S/C14H19F3N2O/c1-2-3-4-5-6-9-18-14(20)19-11-8-7-10(15)12(16)13(11)17/h7-8H,2-6,9H2,1H3,(H2,18,19,20). The number of hydrogen-bond donors (Lipinski definition) is 2. The molecule has 1 aromatic rings. The summed E-state index contributed by atoms with van der Waals surface area (Å²) >= 11 is 0. The highest BCUT2D eigenvalue weighted by atomic mass is 19.2. The minimum Gasteiger partial charge on any atom is -0.338 e. The Hall–Kier alpha value is -1.72. The topological polar surface area (TPSA) is 41.1 Å². The van der Waals surface area contributed by atoms with Crippen molar-refractivity contribution in [1.82, 2.24) is 5.32 Å². The van der Waals surface area contributed by atoms with E-state index in [9.17, 15) is 18.0 Å². The van der Waals surface area contributed by atoms with Gasteiger partial charge in [-0.3, -0.25) is 0 Å². The van der Waals surface area contributed by atoms with Gasteiger partial charge in [0.2, 0.25) is 0 Å². The van der Waals surface area contributed by atoms with Crippen molar-refractivity contribution >= 4 is 11.7 Å². The Bertz CT molecular complexity index is 452. The molecule has 0 saturated carbocycles. The maximum absolute atomic E-state index is 13.3. The average molecular weight is 288 g/mol. The third kappa shape index (κ3) is 5.11. The summed E-state index contributed by atoms with van der Waals surface area (Å²) in [5.74, 6) is -4.28. The lowest BCUT2D eigenvalue weighted by molar-refractivity contribution is 0.251. The number of urea groups is 1. The summed E-state index contributed by atoms with van der Waals surface area (Å²) in [4.78, 5) is 11.4. The Morgan fingerprint density at radius 3 is 2.45 bits per heavy atom. The van der Waals surface area contributed by atoms with Gasteiger partial charge in [0.25, 0.3) is 0 Å². The number of carbonyl (C=O) groups excluding carboxylic acids is 1. The number of benzene rings is 1. The van der Waals surface area contributed by atoms with Gasteiger partial charge in [-0.2, -0.15) is 0 Å². The van der Waals surface area contributed by atoms with Gasteiger partial charge in [0, 0.05) is 6.54 Å². The molecule has 20 heavy (non-hydrogen) atoms. The van der Waals surface area contributed by atoms with E-state index in [2.05, 4.69) is 17.6 Å². The fraction of sp³-hybridized carbons (Fsp3) is 0.500. The molecule has 6 heteroatoms. The fourth-order valence-corrected chi connectivity index (χ4v) is 1.72. The molecule has 0 aliphatic heterocycles. The SMILES string of the molecule is CCCCCCCNC(=O)Nc1ccc(F)c(F)c1F. The van der Waals surface area contributed by atoms with Gasteiger partial charge in [-0.25, -0.2) is 18.0 Å². The molecule has 0 bridgehead atoms. The first kappa shape index (κ1) is 16.3. The van der Waals surface area contributed by atoms with Crippen molar-refractivity contribution in [3.8, 4) is 0 Å². The molecule has 0 aliphatic rings. The zero-order chi connectivity index (χ0) is 15.0. The lowest BCUT2D eigenvalue weighted by atomic mass is 10.1. The number of nitrogens with one attached hydrogen (secondary N) is 2. The van der Waals surface area contributed by atoms with Crippen molar-refractivity contribution < 1.29 is 18.0 Å². The van der Waals surface area contributed by atoms with Crippen molar-refractivity contribution in [2.45, 2.75) is 39.0 Å². The number of amides is 2. The van der Waals surface area contributed by atoms with E-state index in [0.717, 1.165) is 44.2 Å². The Kier molecular flexibility index (Phi) is 6.90. The van der Waals surface area contributed by atoms with Gasteiger partial charge in [-0.05, 0) is 18.6 Å². The number of halogens is 3. The molecule has 1 aromatic carbocycles. The Balaban J connectivity index is 2.34. The van der Waals surface area contributed by atoms with E-state index < -0.39 is 23.5 Å². The predicted octanol–water partition coefficient (Wildman–Crippen LogP) is 4.20. The zero-order valence-corrected chi connectivity index (χ0v) is 11.4. The quantitative estimate of drug-likeness (QED) is 0.573. The Morgan fingerprint density at radius 1 is 1.05 bits per heavy atom. The van der Waals surface area contributed by atoms with Gasteiger partial charge >= 0.3 is 6.03 Å². The molecule has 0 heterocycles. The Labute approximate surface area is 116 Å². The number of hydrogen-bond acceptors (Lipinski definition) is 1. The van der Waals surface area contributed by atoms with Gasteiger partial charge in [-0.1, -0.05) is 32.6 Å². The molecule has 0 saturated heterocycles. The average Bonchev–Trinajstić information content (AvgIpc) is 2.43. The van der Waals surface area contributed by atoms with E-state index in [1.54, 1.807) is 0 Å². The van der Waals surface area contributed by atoms with Crippen LogP contribution in [0.25, 0.3) is 0 Å². The largest absolute Gasteiger partial charge is 0.338 e. The van der Waals surface area contributed by atoms with Crippen molar-refractivity contribution in [2.75, 3.05) is 11.9 Å². The second-order valence-electron chi connectivity index (χ2n) is 4.52. The first-order valence-corrected chi connectivity index (χ1v) is 6.74. The van der Waals surface area contributed by atoms with Gasteiger partial charge in [0.15, 0.2) is 17.5 Å². The van der Waals surface area contributed by atoms with Crippen molar-refractivity contribution in [1.29, 1.82) is 0 Å². The van der Waals surface area contributed by atoms with E-state index >= 15 is 0 Å². The monoisotopic (exact) mass is 288 g/mol. The fourth-order valence-electron chi connectivity index (χ4n) is 1.72. The summed E-state index contributed by atoms with van der Waals surface area (Å²) < 4.78 is 38.9. The van der Waals surface area contributed by atoms with Crippen molar-refractivity contribution in [3.63, 3.8) is 0 Å². The molecule has 0 aromatic heterocycles. The lowest BCUT2D eigenvalue weighted by Crippen LogP contribution is -2.30. The number of unbranched alkanes of at least 4 members (excludes halogenated alkanes) is 4. The van der Waals surface area contributed by atoms with Crippen molar-refractivity contribution in [3.05, 3.63) is 29.6 Å². The van der Waals surface area contributed by atoms with Crippen LogP contribution in [0.4, 0.5) is 23.7 Å². The molecule has 2 amide bonds. The minimum atomic E-state index is -1.60. The van der Waals surface area contributed by atoms with Crippen LogP contribution in [-0.4, -0.2) is 12.6 Å². The number of rotatable bonds is 7. The molecule has 1 rings (SSSR count). The molecular weight excluding hydrogens is 269 g/mol. The maximum Gasteiger partial charge on any atom is 0.319 e. The number of carbonyl (C=O) groups is 1. The van der Waals surface area contributed by atoms with E-state index in [-0.39, 0.29) is 5.69 Å². The molecule has 0 aliphatic carbocycles. The molecule has 0 spiro atoms. The number of anilines is 1. The minimum absolute atomic E-state index is 0.382. The first-order chi connectivity index (χ1) is 9.56. The van der Waals surface area contributed by atoms with Gasteiger partial charge < -0.3 is 10.6 Å². The van der Waals surface area contributed by atoms with E-state index in [1.165, 1.54) is 0 Å². The summed E-state index contributed by atoms with van der Waals surface area (Å²) in [5.41, 5.74) is -0.382. The lowest BCUT2D eigenvalue weighted by Gasteiger charge is -2.09. The van der Waals surface area contributed by atoms with E-state index in [1.807, 2.05) is 0 Å². The van der Waals surface area contributed by atoms with Crippen LogP contribution < -0.4 is 10.6 Å². The van der Waals surface area contributed by atoms with Crippen molar-refractivity contribution in [2.24, 2.45) is 0 Å². The predicted molar refractivity (Wildman–Crippen MR) is 72.1 cm³/mol. The summed E-state index contributed by atoms with van der Waals surface area (Å²) in [6, 6.07) is 1.11. The molecular formula is C14H19F3N2O. The van der Waals surface area contributed by atoms with Crippen LogP contribution in [0.2, 0.25) is 0 Å². The second kappa shape index (κ2) is 8.45. The highest BCUT2D eigenvalue weighted by molar-refractivity contribution is 5.89. The van der Waals surface area contributed by atoms with Crippen LogP contribution >= 0.6 is 0 Å². The molecule has 3 nitrogen and oxygen atoms in total. The van der Waals surface area contributed by atoms with E-state index in [4.69, 9.17) is 0 Å². The van der Waals surface area contributed by atoms with Crippen LogP contribution in [0.15, 0.2) is 12.1 Å². The molecule has 0 fully saturated rings. The van der Waals surface area contributed by atoms with Crippen LogP contribution in [0.5, 0.6) is 0 Å². The Morgan fingerprint density at radius 2 is 1.75 bits per heavy atom. The smallest absolute Gasteiger partial charge is 0.319 e. The highest BCUT2D eigenvalue weighted by Crippen LogP contribution is 2.19. The second-order valence-corrected chi connectivity index (χ2v) is 4.52. The molecule has 0 atom stereocenters. The molecule has 2 N–H and O–H groups in total. The van der Waals surface area contributed by atoms with Crippen LogP contribution in [0.3, 0.4) is 0 Å². The van der Waals surface area contributed by atoms with Gasteiger partial charge in [0.1, 0.15) is 0 Å². The summed E-state index contributed by atoms with van der Waals surface area (Å²) in [6.45, 7) is 2.57. The highest BCUT2D eigenvalue weighted by Gasteiger charge is 2.14. The third-order valence-electron chi connectivity index (χ3n) is 2.85. The molecule has 0 unspecified atom stereocenters. The summed E-state index contributed by atoms with van der Waals surface area (Å²) in [7, 11) is 0. The third-order valence-corrected chi connectivity index (χ3v) is 2.85. The summed E-state index contributed by atoms with van der Waals surface area (Å²) in [6.07, 6.45) is 5.24. The maximum atomic E-state index is 13.3. The van der Waals surface area contributed by atoms with Crippen LogP contribution in [0.1, 0.15) is 39.0 Å². The molecule has 112 valence electrons. The summed E-state index contributed by atoms with van der Waals surface area (Å²) in [5, 5.41) is 4.69. The van der Waals surface area contributed by atoms with Gasteiger partial charge in [-0.15, -0.1) is 0 Å². The van der Waals surface area contributed by atoms with E-state index in [0.29, 0.717) is 6.54 Å². The normalized spacial score (nSPS) is 10.4. The van der Waals surface area contributed by atoms with Crippen LogP contribution in [-0.2, 0) is 0 Å². The zero-order valence-electron chi connectivity index (χ0n) is 11.4. The van der Waals surface area contributed by atoms with Gasteiger partial charge in [0.05, 0.1) is 5.69 Å². The van der Waals surface area contributed by atoms with Crippen LogP contribution in [0, 0.1) is 17.5 Å².